The first-order valence-electron chi connectivity index (χ1n) is 12.6. The minimum absolute atomic E-state index is 0.527. The third-order valence-electron chi connectivity index (χ3n) is 6.57. The number of hydrogen-bond donors (Lipinski definition) is 1. The Morgan fingerprint density at radius 1 is 1.00 bits per heavy atom. The first-order chi connectivity index (χ1) is 18.4. The van der Waals surface area contributed by atoms with E-state index in [0.717, 1.165) is 61.3 Å². The van der Waals surface area contributed by atoms with Gasteiger partial charge in [0.1, 0.15) is 34.3 Å². The van der Waals surface area contributed by atoms with Crippen molar-refractivity contribution in [2.75, 3.05) is 37.9 Å². The number of thiazole rings is 1. The van der Waals surface area contributed by atoms with Crippen LogP contribution in [0.4, 0.5) is 10.9 Å². The van der Waals surface area contributed by atoms with E-state index in [4.69, 9.17) is 20.4 Å². The lowest BCUT2D eigenvalue weighted by atomic mass is 10.0. The van der Waals surface area contributed by atoms with Gasteiger partial charge in [-0.2, -0.15) is 0 Å². The molecule has 3 aromatic heterocycles. The standard InChI is InChI=1S/C29H29N7OS/c1-18-26(19-7-5-4-6-8-19)27(34-25(32-18)17-35(2)3)36-11-12-37-24-10-9-20(13-22(24)16-36)21-14-23-28(31-15-21)38-29(30)33-23/h4-10,13-15H,11-12,16-17H2,1-3H3,(H2,30,33). The van der Waals surface area contributed by atoms with Crippen molar-refractivity contribution in [1.29, 1.82) is 0 Å². The molecule has 0 saturated carbocycles. The van der Waals surface area contributed by atoms with E-state index >= 15 is 0 Å². The first kappa shape index (κ1) is 24.3. The highest BCUT2D eigenvalue weighted by atomic mass is 32.1. The third kappa shape index (κ3) is 4.78. The lowest BCUT2D eigenvalue weighted by molar-refractivity contribution is 0.331. The normalized spacial score (nSPS) is 13.4. The summed E-state index contributed by atoms with van der Waals surface area (Å²) in [6.07, 6.45) is 1.88. The lowest BCUT2D eigenvalue weighted by Gasteiger charge is -2.26. The van der Waals surface area contributed by atoms with E-state index in [9.17, 15) is 0 Å². The van der Waals surface area contributed by atoms with E-state index in [0.29, 0.717) is 31.4 Å². The first-order valence-corrected chi connectivity index (χ1v) is 13.4. The predicted molar refractivity (Wildman–Crippen MR) is 153 cm³/mol. The van der Waals surface area contributed by atoms with Gasteiger partial charge in [-0.3, -0.25) is 0 Å². The molecule has 0 amide bonds. The summed E-state index contributed by atoms with van der Waals surface area (Å²) < 4.78 is 6.20. The zero-order valence-corrected chi connectivity index (χ0v) is 22.5. The molecule has 0 saturated heterocycles. The van der Waals surface area contributed by atoms with Crippen LogP contribution >= 0.6 is 11.3 Å². The number of aromatic nitrogens is 4. The molecular formula is C29H29N7OS. The van der Waals surface area contributed by atoms with E-state index in [2.05, 4.69) is 69.2 Å². The zero-order chi connectivity index (χ0) is 26.2. The molecule has 1 aliphatic heterocycles. The predicted octanol–water partition coefficient (Wildman–Crippen LogP) is 5.17. The minimum atomic E-state index is 0.527. The average molecular weight is 524 g/mol. The van der Waals surface area contributed by atoms with Gasteiger partial charge in [0, 0.05) is 29.4 Å². The quantitative estimate of drug-likeness (QED) is 0.337. The highest BCUT2D eigenvalue weighted by molar-refractivity contribution is 7.21. The molecule has 0 aliphatic carbocycles. The lowest BCUT2D eigenvalue weighted by Crippen LogP contribution is -2.28. The van der Waals surface area contributed by atoms with Gasteiger partial charge in [0.15, 0.2) is 5.13 Å². The van der Waals surface area contributed by atoms with Crippen molar-refractivity contribution < 1.29 is 4.74 Å². The van der Waals surface area contributed by atoms with Crippen LogP contribution in [0.15, 0.2) is 60.8 Å². The van der Waals surface area contributed by atoms with Crippen molar-refractivity contribution in [1.82, 2.24) is 24.8 Å². The van der Waals surface area contributed by atoms with Crippen molar-refractivity contribution in [3.05, 3.63) is 77.9 Å². The topological polar surface area (TPSA) is 93.3 Å². The molecule has 2 N–H and O–H groups in total. The molecule has 0 bridgehead atoms. The maximum atomic E-state index is 6.20. The Labute approximate surface area is 225 Å². The second kappa shape index (κ2) is 10.00. The van der Waals surface area contributed by atoms with Gasteiger partial charge in [-0.1, -0.05) is 47.7 Å². The molecule has 0 atom stereocenters. The molecule has 9 heteroatoms. The second-order valence-electron chi connectivity index (χ2n) is 9.72. The third-order valence-corrected chi connectivity index (χ3v) is 7.38. The summed E-state index contributed by atoms with van der Waals surface area (Å²) in [6.45, 7) is 4.69. The Balaban J connectivity index is 1.41. The van der Waals surface area contributed by atoms with E-state index in [1.807, 2.05) is 32.4 Å². The van der Waals surface area contributed by atoms with Gasteiger partial charge < -0.3 is 20.3 Å². The molecule has 4 heterocycles. The molecule has 192 valence electrons. The van der Waals surface area contributed by atoms with E-state index < -0.39 is 0 Å². The average Bonchev–Trinajstić information content (AvgIpc) is 3.14. The largest absolute Gasteiger partial charge is 0.491 e. The molecule has 2 aromatic carbocycles. The molecule has 1 aliphatic rings. The van der Waals surface area contributed by atoms with Gasteiger partial charge in [0.2, 0.25) is 0 Å². The van der Waals surface area contributed by atoms with E-state index in [1.54, 1.807) is 0 Å². The summed E-state index contributed by atoms with van der Waals surface area (Å²) in [4.78, 5) is 24.2. The molecular weight excluding hydrogens is 494 g/mol. The number of nitrogens with two attached hydrogens (primary N) is 1. The maximum absolute atomic E-state index is 6.20. The smallest absolute Gasteiger partial charge is 0.182 e. The van der Waals surface area contributed by atoms with Crippen LogP contribution in [-0.2, 0) is 13.1 Å². The van der Waals surface area contributed by atoms with Gasteiger partial charge >= 0.3 is 0 Å². The minimum Gasteiger partial charge on any atom is -0.491 e. The number of ether oxygens (including phenoxy) is 1. The van der Waals surface area contributed by atoms with Gasteiger partial charge in [0.05, 0.1) is 18.8 Å². The van der Waals surface area contributed by atoms with E-state index in [-0.39, 0.29) is 0 Å². The van der Waals surface area contributed by atoms with Crippen molar-refractivity contribution >= 4 is 32.6 Å². The number of aryl methyl sites for hydroxylation is 1. The van der Waals surface area contributed by atoms with Crippen LogP contribution in [0.5, 0.6) is 5.75 Å². The molecule has 8 nitrogen and oxygen atoms in total. The molecule has 5 aromatic rings. The fourth-order valence-corrected chi connectivity index (χ4v) is 5.55. The van der Waals surface area contributed by atoms with Crippen LogP contribution in [0.2, 0.25) is 0 Å². The number of rotatable bonds is 5. The number of anilines is 2. The Morgan fingerprint density at radius 2 is 1.84 bits per heavy atom. The maximum Gasteiger partial charge on any atom is 0.182 e. The number of nitrogen functional groups attached to an aromatic ring is 1. The number of benzene rings is 2. The van der Waals surface area contributed by atoms with Crippen molar-refractivity contribution in [3.8, 4) is 28.0 Å². The van der Waals surface area contributed by atoms with Crippen molar-refractivity contribution in [2.24, 2.45) is 0 Å². The summed E-state index contributed by atoms with van der Waals surface area (Å²) in [6, 6.07) is 18.7. The summed E-state index contributed by atoms with van der Waals surface area (Å²) in [5.74, 6) is 2.63. The Kier molecular flexibility index (Phi) is 6.39. The van der Waals surface area contributed by atoms with Crippen LogP contribution < -0.4 is 15.4 Å². The van der Waals surface area contributed by atoms with Crippen LogP contribution in [-0.4, -0.2) is 52.1 Å². The van der Waals surface area contributed by atoms with Crippen LogP contribution in [0, 0.1) is 6.92 Å². The van der Waals surface area contributed by atoms with Gasteiger partial charge in [-0.05, 0) is 50.3 Å². The SMILES string of the molecule is Cc1nc(CN(C)C)nc(N2CCOc3ccc(-c4cnc5sc(N)nc5c4)cc3C2)c1-c1ccccc1. The Morgan fingerprint density at radius 3 is 2.66 bits per heavy atom. The van der Waals surface area contributed by atoms with Gasteiger partial charge in [-0.25, -0.2) is 19.9 Å². The van der Waals surface area contributed by atoms with Crippen LogP contribution in [0.25, 0.3) is 32.6 Å². The second-order valence-corrected chi connectivity index (χ2v) is 10.7. The van der Waals surface area contributed by atoms with Gasteiger partial charge in [0.25, 0.3) is 0 Å². The summed E-state index contributed by atoms with van der Waals surface area (Å²) >= 11 is 1.40. The van der Waals surface area contributed by atoms with Crippen molar-refractivity contribution in [3.63, 3.8) is 0 Å². The summed E-state index contributed by atoms with van der Waals surface area (Å²) in [5, 5.41) is 0.527. The molecule has 0 spiro atoms. The molecule has 0 fully saturated rings. The summed E-state index contributed by atoms with van der Waals surface area (Å²) in [7, 11) is 4.07. The number of pyridine rings is 1. The van der Waals surface area contributed by atoms with Crippen LogP contribution in [0.3, 0.4) is 0 Å². The van der Waals surface area contributed by atoms with Gasteiger partial charge in [-0.15, -0.1) is 0 Å². The zero-order valence-electron chi connectivity index (χ0n) is 21.7. The molecule has 38 heavy (non-hydrogen) atoms. The van der Waals surface area contributed by atoms with E-state index in [1.165, 1.54) is 11.3 Å². The molecule has 6 rings (SSSR count). The molecule has 0 unspecified atom stereocenters. The Hall–Kier alpha value is -4.08. The fourth-order valence-electron chi connectivity index (χ4n) is 4.89. The summed E-state index contributed by atoms with van der Waals surface area (Å²) in [5.41, 5.74) is 13.0. The Bertz CT molecular complexity index is 1620. The highest BCUT2D eigenvalue weighted by Gasteiger charge is 2.23. The number of nitrogens with zero attached hydrogens (tertiary/aromatic N) is 6. The monoisotopic (exact) mass is 523 g/mol. The molecule has 0 radical (unpaired) electrons. The van der Waals surface area contributed by atoms with Crippen molar-refractivity contribution in [2.45, 2.75) is 20.0 Å². The number of fused-ring (bicyclic) bond motifs is 2. The number of hydrogen-bond acceptors (Lipinski definition) is 9. The fraction of sp³-hybridized carbons (Fsp3) is 0.241. The van der Waals surface area contributed by atoms with Crippen LogP contribution in [0.1, 0.15) is 17.1 Å². The highest BCUT2D eigenvalue weighted by Crippen LogP contribution is 2.36.